The molecule has 21 heavy (non-hydrogen) atoms. The van der Waals surface area contributed by atoms with Gasteiger partial charge in [0.1, 0.15) is 5.75 Å². The van der Waals surface area contributed by atoms with Gasteiger partial charge in [0.2, 0.25) is 0 Å². The number of nitrogens with one attached hydrogen (secondary N) is 1. The molecule has 0 spiro atoms. The predicted octanol–water partition coefficient (Wildman–Crippen LogP) is 2.32. The minimum absolute atomic E-state index is 0.0242. The van der Waals surface area contributed by atoms with Crippen molar-refractivity contribution in [3.05, 3.63) is 29.3 Å². The van der Waals surface area contributed by atoms with Gasteiger partial charge in [-0.3, -0.25) is 4.79 Å². The van der Waals surface area contributed by atoms with Gasteiger partial charge in [0.05, 0.1) is 0 Å². The lowest BCUT2D eigenvalue weighted by molar-refractivity contribution is -0.124. The molecule has 1 aromatic rings. The Balaban J connectivity index is 1.88. The maximum atomic E-state index is 12.0. The van der Waals surface area contributed by atoms with Gasteiger partial charge in [-0.25, -0.2) is 0 Å². The number of carbonyl (C=O) groups is 1. The minimum atomic E-state index is -0.0242. The summed E-state index contributed by atoms with van der Waals surface area (Å²) in [5.41, 5.74) is 7.74. The van der Waals surface area contributed by atoms with Crippen LogP contribution < -0.4 is 15.8 Å². The molecule has 1 aromatic carbocycles. The molecule has 0 aromatic heterocycles. The summed E-state index contributed by atoms with van der Waals surface area (Å²) < 4.78 is 5.76. The molecule has 0 aliphatic heterocycles. The maximum Gasteiger partial charge on any atom is 0.258 e. The summed E-state index contributed by atoms with van der Waals surface area (Å²) in [7, 11) is 0. The molecular formula is C17H26N2O2. The summed E-state index contributed by atoms with van der Waals surface area (Å²) in [4.78, 5) is 12.0. The zero-order chi connectivity index (χ0) is 15.1. The summed E-state index contributed by atoms with van der Waals surface area (Å²) in [6.45, 7) is 2.65. The standard InChI is InChI=1S/C17H26N2O2/c1-13-6-5-7-14(10-11-18)17(13)21-12-16(20)19-15-8-3-2-4-9-15/h5-7,15H,2-4,8-12,18H2,1H3,(H,19,20). The van der Waals surface area contributed by atoms with Gasteiger partial charge in [0, 0.05) is 6.04 Å². The first kappa shape index (κ1) is 15.8. The van der Waals surface area contributed by atoms with Crippen LogP contribution in [0.25, 0.3) is 0 Å². The van der Waals surface area contributed by atoms with E-state index in [2.05, 4.69) is 5.32 Å². The van der Waals surface area contributed by atoms with Crippen LogP contribution in [0.1, 0.15) is 43.2 Å². The lowest BCUT2D eigenvalue weighted by atomic mass is 9.95. The molecule has 1 fully saturated rings. The molecule has 0 heterocycles. The van der Waals surface area contributed by atoms with E-state index in [9.17, 15) is 4.79 Å². The fraction of sp³-hybridized carbons (Fsp3) is 0.588. The highest BCUT2D eigenvalue weighted by molar-refractivity contribution is 5.78. The van der Waals surface area contributed by atoms with Crippen LogP contribution in [0.4, 0.5) is 0 Å². The SMILES string of the molecule is Cc1cccc(CCN)c1OCC(=O)NC1CCCCC1. The van der Waals surface area contributed by atoms with Crippen LogP contribution in [0.5, 0.6) is 5.75 Å². The normalized spacial score (nSPS) is 15.7. The fourth-order valence-corrected chi connectivity index (χ4v) is 2.93. The molecule has 1 aliphatic rings. The van der Waals surface area contributed by atoms with Crippen molar-refractivity contribution in [2.24, 2.45) is 5.73 Å². The van der Waals surface area contributed by atoms with E-state index < -0.39 is 0 Å². The molecule has 1 saturated carbocycles. The van der Waals surface area contributed by atoms with E-state index in [-0.39, 0.29) is 12.5 Å². The number of aryl methyl sites for hydroxylation is 1. The molecule has 4 heteroatoms. The van der Waals surface area contributed by atoms with E-state index in [1.54, 1.807) is 0 Å². The predicted molar refractivity (Wildman–Crippen MR) is 84.4 cm³/mol. The fourth-order valence-electron chi connectivity index (χ4n) is 2.93. The number of para-hydroxylation sites is 1. The number of ether oxygens (including phenoxy) is 1. The molecule has 2 rings (SSSR count). The number of hydrogen-bond acceptors (Lipinski definition) is 3. The van der Waals surface area contributed by atoms with Crippen molar-refractivity contribution in [2.45, 2.75) is 51.5 Å². The van der Waals surface area contributed by atoms with Crippen molar-refractivity contribution in [1.29, 1.82) is 0 Å². The molecule has 0 bridgehead atoms. The van der Waals surface area contributed by atoms with Crippen LogP contribution >= 0.6 is 0 Å². The third-order valence-electron chi connectivity index (χ3n) is 4.03. The van der Waals surface area contributed by atoms with Crippen LogP contribution in [-0.4, -0.2) is 25.1 Å². The molecule has 0 radical (unpaired) electrons. The lowest BCUT2D eigenvalue weighted by Gasteiger charge is -2.23. The Kier molecular flexibility index (Phi) is 6.05. The highest BCUT2D eigenvalue weighted by Gasteiger charge is 2.16. The quantitative estimate of drug-likeness (QED) is 0.845. The largest absolute Gasteiger partial charge is 0.483 e. The minimum Gasteiger partial charge on any atom is -0.483 e. The van der Waals surface area contributed by atoms with Gasteiger partial charge in [-0.15, -0.1) is 0 Å². The summed E-state index contributed by atoms with van der Waals surface area (Å²) in [6, 6.07) is 6.33. The van der Waals surface area contributed by atoms with Gasteiger partial charge < -0.3 is 15.8 Å². The highest BCUT2D eigenvalue weighted by atomic mass is 16.5. The number of benzene rings is 1. The van der Waals surface area contributed by atoms with Gasteiger partial charge in [0.25, 0.3) is 5.91 Å². The van der Waals surface area contributed by atoms with Crippen molar-refractivity contribution in [3.63, 3.8) is 0 Å². The molecule has 0 atom stereocenters. The second-order valence-corrected chi connectivity index (χ2v) is 5.79. The van der Waals surface area contributed by atoms with Gasteiger partial charge in [-0.1, -0.05) is 37.5 Å². The summed E-state index contributed by atoms with van der Waals surface area (Å²) in [6.07, 6.45) is 6.66. The smallest absolute Gasteiger partial charge is 0.258 e. The Labute approximate surface area is 127 Å². The van der Waals surface area contributed by atoms with Crippen molar-refractivity contribution < 1.29 is 9.53 Å². The Morgan fingerprint density at radius 1 is 1.33 bits per heavy atom. The molecule has 1 amide bonds. The zero-order valence-electron chi connectivity index (χ0n) is 12.9. The number of amides is 1. The molecule has 116 valence electrons. The van der Waals surface area contributed by atoms with Gasteiger partial charge in [0.15, 0.2) is 6.61 Å². The second-order valence-electron chi connectivity index (χ2n) is 5.79. The first-order valence-electron chi connectivity index (χ1n) is 7.91. The van der Waals surface area contributed by atoms with Crippen LogP contribution in [0, 0.1) is 6.92 Å². The Morgan fingerprint density at radius 2 is 2.10 bits per heavy atom. The molecule has 4 nitrogen and oxygen atoms in total. The first-order valence-corrected chi connectivity index (χ1v) is 7.91. The van der Waals surface area contributed by atoms with E-state index in [4.69, 9.17) is 10.5 Å². The van der Waals surface area contributed by atoms with E-state index in [0.29, 0.717) is 12.6 Å². The lowest BCUT2D eigenvalue weighted by Crippen LogP contribution is -2.39. The number of nitrogens with two attached hydrogens (primary N) is 1. The van der Waals surface area contributed by atoms with E-state index in [1.807, 2.05) is 25.1 Å². The molecule has 1 aliphatic carbocycles. The average molecular weight is 290 g/mol. The van der Waals surface area contributed by atoms with Gasteiger partial charge in [-0.05, 0) is 43.9 Å². The topological polar surface area (TPSA) is 64.3 Å². The maximum absolute atomic E-state index is 12.0. The summed E-state index contributed by atoms with van der Waals surface area (Å²) >= 11 is 0. The summed E-state index contributed by atoms with van der Waals surface area (Å²) in [5, 5.41) is 3.07. The Morgan fingerprint density at radius 3 is 2.81 bits per heavy atom. The van der Waals surface area contributed by atoms with Crippen LogP contribution in [-0.2, 0) is 11.2 Å². The van der Waals surface area contributed by atoms with Crippen molar-refractivity contribution in [1.82, 2.24) is 5.32 Å². The zero-order valence-corrected chi connectivity index (χ0v) is 12.9. The first-order chi connectivity index (χ1) is 10.2. The van der Waals surface area contributed by atoms with Gasteiger partial charge in [-0.2, -0.15) is 0 Å². The highest BCUT2D eigenvalue weighted by Crippen LogP contribution is 2.23. The monoisotopic (exact) mass is 290 g/mol. The number of carbonyl (C=O) groups excluding carboxylic acids is 1. The number of rotatable bonds is 6. The van der Waals surface area contributed by atoms with Crippen LogP contribution in [0.3, 0.4) is 0 Å². The van der Waals surface area contributed by atoms with Crippen LogP contribution in [0.15, 0.2) is 18.2 Å². The van der Waals surface area contributed by atoms with Crippen molar-refractivity contribution >= 4 is 5.91 Å². The third kappa shape index (κ3) is 4.74. The van der Waals surface area contributed by atoms with E-state index >= 15 is 0 Å². The van der Waals surface area contributed by atoms with E-state index in [1.165, 1.54) is 19.3 Å². The molecule has 0 saturated heterocycles. The van der Waals surface area contributed by atoms with Crippen molar-refractivity contribution in [3.8, 4) is 5.75 Å². The number of hydrogen-bond donors (Lipinski definition) is 2. The second kappa shape index (κ2) is 8.03. The molecule has 0 unspecified atom stereocenters. The molecule has 3 N–H and O–H groups in total. The average Bonchev–Trinajstić information content (AvgIpc) is 2.48. The summed E-state index contributed by atoms with van der Waals surface area (Å²) in [5.74, 6) is 0.783. The van der Waals surface area contributed by atoms with Crippen molar-refractivity contribution in [2.75, 3.05) is 13.2 Å². The van der Waals surface area contributed by atoms with E-state index in [0.717, 1.165) is 36.1 Å². The van der Waals surface area contributed by atoms with Crippen LogP contribution in [0.2, 0.25) is 0 Å². The van der Waals surface area contributed by atoms with Gasteiger partial charge >= 0.3 is 0 Å². The molecular weight excluding hydrogens is 264 g/mol. The third-order valence-corrected chi connectivity index (χ3v) is 4.03. The Hall–Kier alpha value is -1.55. The Bertz CT molecular complexity index is 468.